The molecule has 7 nitrogen and oxygen atoms in total. The van der Waals surface area contributed by atoms with Gasteiger partial charge >= 0.3 is 6.09 Å². The fraction of sp³-hybridized carbons (Fsp3) is 0.136. The van der Waals surface area contributed by atoms with Crippen LogP contribution < -0.4 is 15.8 Å². The maximum absolute atomic E-state index is 12.3. The van der Waals surface area contributed by atoms with Gasteiger partial charge in [0.15, 0.2) is 6.10 Å². The summed E-state index contributed by atoms with van der Waals surface area (Å²) in [6.45, 7) is 1.88. The number of fused-ring (bicyclic) bond motifs is 1. The molecule has 2 aromatic heterocycles. The molecule has 1 unspecified atom stereocenters. The third kappa shape index (κ3) is 5.01. The molecular weight excluding hydrogens is 432 g/mol. The number of nitrogens with zero attached hydrogens (tertiary/aromatic N) is 1. The highest BCUT2D eigenvalue weighted by atomic mass is 32.1. The first-order chi connectivity index (χ1) is 15.0. The van der Waals surface area contributed by atoms with E-state index in [4.69, 9.17) is 20.6 Å². The number of amides is 1. The lowest BCUT2D eigenvalue weighted by Gasteiger charge is -2.20. The smallest absolute Gasteiger partial charge is 0.412 e. The molecule has 4 aromatic rings. The Balaban J connectivity index is 1.54. The lowest BCUT2D eigenvalue weighted by Crippen LogP contribution is -2.20. The number of benzene rings is 2. The highest BCUT2D eigenvalue weighted by Crippen LogP contribution is 2.35. The van der Waals surface area contributed by atoms with E-state index in [2.05, 4.69) is 9.69 Å². The molecule has 0 aliphatic heterocycles. The maximum Gasteiger partial charge on any atom is 0.412 e. The number of nitrogen functional groups attached to an aromatic ring is 1. The summed E-state index contributed by atoms with van der Waals surface area (Å²) in [5, 5.41) is 11.9. The van der Waals surface area contributed by atoms with Crippen molar-refractivity contribution >= 4 is 49.9 Å². The molecule has 0 aliphatic carbocycles. The van der Waals surface area contributed by atoms with Crippen LogP contribution in [0.4, 0.5) is 9.80 Å². The number of carbonyl (C=O) groups excluding carboxylic acids is 1. The van der Waals surface area contributed by atoms with Gasteiger partial charge in [0.05, 0.1) is 10.6 Å². The first kappa shape index (κ1) is 20.8. The average Bonchev–Trinajstić information content (AvgIpc) is 3.38. The SMILES string of the molecule is Cc1cc(NC(=O)OCC(Oc2cccc3sc(C(=N)N)cc23)c2ccccc2)sn1. The van der Waals surface area contributed by atoms with Gasteiger partial charge in [0.25, 0.3) is 0 Å². The number of rotatable bonds is 7. The topological polar surface area (TPSA) is 110 Å². The molecule has 0 aliphatic rings. The van der Waals surface area contributed by atoms with Crippen molar-refractivity contribution in [2.45, 2.75) is 13.0 Å². The number of thiophene rings is 1. The molecule has 4 N–H and O–H groups in total. The van der Waals surface area contributed by atoms with E-state index in [0.29, 0.717) is 15.6 Å². The van der Waals surface area contributed by atoms with Crippen LogP contribution in [-0.2, 0) is 4.74 Å². The van der Waals surface area contributed by atoms with Crippen molar-refractivity contribution < 1.29 is 14.3 Å². The molecule has 4 rings (SSSR count). The summed E-state index contributed by atoms with van der Waals surface area (Å²) in [6, 6.07) is 18.9. The Bertz CT molecular complexity index is 1220. The summed E-state index contributed by atoms with van der Waals surface area (Å²) in [6.07, 6.45) is -1.08. The van der Waals surface area contributed by atoms with Crippen molar-refractivity contribution in [3.63, 3.8) is 0 Å². The minimum Gasteiger partial charge on any atom is -0.481 e. The minimum atomic E-state index is -0.569. The Morgan fingerprint density at radius 2 is 2.00 bits per heavy atom. The third-order valence-corrected chi connectivity index (χ3v) is 6.38. The number of aromatic nitrogens is 1. The van der Waals surface area contributed by atoms with Crippen LogP contribution in [0.5, 0.6) is 5.75 Å². The zero-order chi connectivity index (χ0) is 21.8. The van der Waals surface area contributed by atoms with Crippen LogP contribution in [0.25, 0.3) is 10.1 Å². The van der Waals surface area contributed by atoms with E-state index in [1.54, 1.807) is 6.07 Å². The van der Waals surface area contributed by atoms with Crippen molar-refractivity contribution in [1.29, 1.82) is 5.41 Å². The lowest BCUT2D eigenvalue weighted by atomic mass is 10.1. The zero-order valence-corrected chi connectivity index (χ0v) is 18.3. The van der Waals surface area contributed by atoms with Gasteiger partial charge in [-0.15, -0.1) is 11.3 Å². The van der Waals surface area contributed by atoms with E-state index >= 15 is 0 Å². The summed E-state index contributed by atoms with van der Waals surface area (Å²) in [5.74, 6) is 0.655. The van der Waals surface area contributed by atoms with Crippen molar-refractivity contribution in [3.8, 4) is 5.75 Å². The number of nitrogens with one attached hydrogen (secondary N) is 2. The van der Waals surface area contributed by atoms with Crippen molar-refractivity contribution in [2.75, 3.05) is 11.9 Å². The first-order valence-electron chi connectivity index (χ1n) is 9.45. The van der Waals surface area contributed by atoms with E-state index in [0.717, 1.165) is 21.3 Å². The maximum atomic E-state index is 12.3. The standard InChI is InChI=1S/C22H20N4O3S2/c1-13-10-20(31-26-13)25-22(27)28-12-17(14-6-3-2-4-7-14)29-16-8-5-9-18-15(16)11-19(30-18)21(23)24/h2-11,17H,12H2,1H3,(H3,23,24)(H,25,27). The highest BCUT2D eigenvalue weighted by molar-refractivity contribution is 7.20. The number of ether oxygens (including phenoxy) is 2. The van der Waals surface area contributed by atoms with E-state index in [9.17, 15) is 4.79 Å². The van der Waals surface area contributed by atoms with Crippen LogP contribution in [0.2, 0.25) is 0 Å². The predicted octanol–water partition coefficient (Wildman–Crippen LogP) is 5.32. The van der Waals surface area contributed by atoms with Crippen LogP contribution in [0, 0.1) is 12.3 Å². The van der Waals surface area contributed by atoms with Gasteiger partial charge in [0.2, 0.25) is 0 Å². The number of hydrogen-bond donors (Lipinski definition) is 3. The van der Waals surface area contributed by atoms with E-state index in [-0.39, 0.29) is 12.4 Å². The van der Waals surface area contributed by atoms with Gasteiger partial charge < -0.3 is 15.2 Å². The molecule has 1 amide bonds. The molecule has 0 fully saturated rings. The van der Waals surface area contributed by atoms with Gasteiger partial charge in [-0.25, -0.2) is 4.79 Å². The van der Waals surface area contributed by atoms with Crippen LogP contribution in [0.15, 0.2) is 60.7 Å². The fourth-order valence-electron chi connectivity index (χ4n) is 3.00. The van der Waals surface area contributed by atoms with Crippen molar-refractivity contribution in [1.82, 2.24) is 4.37 Å². The van der Waals surface area contributed by atoms with Crippen molar-refractivity contribution in [2.24, 2.45) is 5.73 Å². The van der Waals surface area contributed by atoms with Gasteiger partial charge in [-0.3, -0.25) is 10.7 Å². The Hall–Kier alpha value is -3.43. The molecule has 0 saturated carbocycles. The summed E-state index contributed by atoms with van der Waals surface area (Å²) in [4.78, 5) is 12.9. The summed E-state index contributed by atoms with van der Waals surface area (Å²) < 4.78 is 16.8. The summed E-state index contributed by atoms with van der Waals surface area (Å²) in [5.41, 5.74) is 7.36. The summed E-state index contributed by atoms with van der Waals surface area (Å²) >= 11 is 2.63. The average molecular weight is 453 g/mol. The quantitative estimate of drug-likeness (QED) is 0.260. The Kier molecular flexibility index (Phi) is 6.15. The number of hydrogen-bond acceptors (Lipinski definition) is 7. The number of nitrogens with two attached hydrogens (primary N) is 1. The van der Waals surface area contributed by atoms with E-state index in [1.807, 2.05) is 61.5 Å². The van der Waals surface area contributed by atoms with Crippen LogP contribution in [-0.4, -0.2) is 22.9 Å². The fourth-order valence-corrected chi connectivity index (χ4v) is 4.59. The molecule has 158 valence electrons. The molecule has 0 bridgehead atoms. The number of carbonyl (C=O) groups is 1. The predicted molar refractivity (Wildman–Crippen MR) is 124 cm³/mol. The van der Waals surface area contributed by atoms with E-state index < -0.39 is 12.2 Å². The van der Waals surface area contributed by atoms with Crippen molar-refractivity contribution in [3.05, 3.63) is 76.8 Å². The van der Waals surface area contributed by atoms with Gasteiger partial charge in [-0.05, 0) is 48.3 Å². The Morgan fingerprint density at radius 1 is 1.19 bits per heavy atom. The third-order valence-electron chi connectivity index (χ3n) is 4.45. The molecular formula is C22H20N4O3S2. The van der Waals surface area contributed by atoms with Crippen LogP contribution in [0.3, 0.4) is 0 Å². The first-order valence-corrected chi connectivity index (χ1v) is 11.0. The second-order valence-corrected chi connectivity index (χ2v) is 8.65. The molecule has 1 atom stereocenters. The second-order valence-electron chi connectivity index (χ2n) is 6.77. The molecule has 9 heteroatoms. The van der Waals surface area contributed by atoms with Gasteiger partial charge in [-0.2, -0.15) is 4.37 Å². The highest BCUT2D eigenvalue weighted by Gasteiger charge is 2.19. The Morgan fingerprint density at radius 3 is 2.71 bits per heavy atom. The molecule has 31 heavy (non-hydrogen) atoms. The molecule has 2 heterocycles. The lowest BCUT2D eigenvalue weighted by molar-refractivity contribution is 0.0910. The summed E-state index contributed by atoms with van der Waals surface area (Å²) in [7, 11) is 0. The van der Waals surface area contributed by atoms with Crippen LogP contribution in [0.1, 0.15) is 22.2 Å². The second kappa shape index (κ2) is 9.15. The number of aryl methyl sites for hydroxylation is 1. The molecule has 0 radical (unpaired) electrons. The molecule has 2 aromatic carbocycles. The minimum absolute atomic E-state index is 0.0186. The number of anilines is 1. The van der Waals surface area contributed by atoms with Gasteiger partial charge in [0, 0.05) is 10.1 Å². The Labute approximate surface area is 187 Å². The largest absolute Gasteiger partial charge is 0.481 e. The van der Waals surface area contributed by atoms with Gasteiger partial charge in [-0.1, -0.05) is 36.4 Å². The normalized spacial score (nSPS) is 11.8. The van der Waals surface area contributed by atoms with Gasteiger partial charge in [0.1, 0.15) is 23.2 Å². The molecule has 0 spiro atoms. The zero-order valence-electron chi connectivity index (χ0n) is 16.6. The van der Waals surface area contributed by atoms with E-state index in [1.165, 1.54) is 22.9 Å². The van der Waals surface area contributed by atoms with Crippen LogP contribution >= 0.6 is 22.9 Å². The number of amidine groups is 1. The molecule has 0 saturated heterocycles. The monoisotopic (exact) mass is 452 g/mol.